The molecular formula is C20H20N4O. The van der Waals surface area contributed by atoms with E-state index in [4.69, 9.17) is 0 Å². The monoisotopic (exact) mass is 332 g/mol. The number of nitrogens with zero attached hydrogens (tertiary/aromatic N) is 2. The van der Waals surface area contributed by atoms with Crippen LogP contribution in [0, 0.1) is 5.92 Å². The van der Waals surface area contributed by atoms with Gasteiger partial charge in [-0.1, -0.05) is 12.7 Å². The number of allylic oxidation sites excluding steroid dienone is 3. The summed E-state index contributed by atoms with van der Waals surface area (Å²) in [6.07, 6.45) is 14.8. The number of nitrogens with one attached hydrogen (secondary N) is 2. The molecule has 1 aliphatic carbocycles. The van der Waals surface area contributed by atoms with E-state index in [1.54, 1.807) is 0 Å². The van der Waals surface area contributed by atoms with E-state index in [1.165, 1.54) is 17.2 Å². The minimum absolute atomic E-state index is 0.131. The van der Waals surface area contributed by atoms with E-state index in [1.807, 2.05) is 24.8 Å². The summed E-state index contributed by atoms with van der Waals surface area (Å²) in [5, 5.41) is 8.05. The van der Waals surface area contributed by atoms with Crippen LogP contribution in [0.4, 0.5) is 0 Å². The molecule has 1 unspecified atom stereocenters. The van der Waals surface area contributed by atoms with E-state index in [0.29, 0.717) is 12.3 Å². The number of carbonyl (C=O) groups is 1. The highest BCUT2D eigenvalue weighted by atomic mass is 16.1. The number of ketones is 1. The Morgan fingerprint density at radius 2 is 2.28 bits per heavy atom. The van der Waals surface area contributed by atoms with Crippen LogP contribution in [0.2, 0.25) is 0 Å². The zero-order valence-electron chi connectivity index (χ0n) is 14.0. The lowest BCUT2D eigenvalue weighted by atomic mass is 9.82. The third-order valence-electron chi connectivity index (χ3n) is 4.92. The summed E-state index contributed by atoms with van der Waals surface area (Å²) in [5.74, 6) is 0.511. The van der Waals surface area contributed by atoms with Crippen LogP contribution in [0.15, 0.2) is 49.6 Å². The van der Waals surface area contributed by atoms with E-state index < -0.39 is 0 Å². The van der Waals surface area contributed by atoms with Gasteiger partial charge in [0.15, 0.2) is 5.78 Å². The molecule has 126 valence electrons. The highest BCUT2D eigenvalue weighted by molar-refractivity contribution is 6.01. The molecule has 1 atom stereocenters. The smallest absolute Gasteiger partial charge is 0.155 e. The molecule has 3 heterocycles. The van der Waals surface area contributed by atoms with Gasteiger partial charge in [0.1, 0.15) is 5.65 Å². The minimum atomic E-state index is 0.131. The van der Waals surface area contributed by atoms with Crippen molar-refractivity contribution in [3.8, 4) is 11.1 Å². The molecule has 0 saturated heterocycles. The first-order chi connectivity index (χ1) is 12.3. The van der Waals surface area contributed by atoms with E-state index in [0.717, 1.165) is 41.4 Å². The molecule has 2 N–H and O–H groups in total. The first kappa shape index (κ1) is 15.6. The Bertz CT molecular complexity index is 949. The van der Waals surface area contributed by atoms with Crippen molar-refractivity contribution >= 4 is 22.4 Å². The average molecular weight is 332 g/mol. The normalized spacial score (nSPS) is 17.4. The molecular weight excluding hydrogens is 312 g/mol. The predicted octanol–water partition coefficient (Wildman–Crippen LogP) is 4.28. The molecule has 25 heavy (non-hydrogen) atoms. The maximum absolute atomic E-state index is 11.7. The van der Waals surface area contributed by atoms with Crippen molar-refractivity contribution in [2.24, 2.45) is 5.92 Å². The maximum Gasteiger partial charge on any atom is 0.155 e. The molecule has 3 aromatic heterocycles. The first-order valence-corrected chi connectivity index (χ1v) is 8.56. The summed E-state index contributed by atoms with van der Waals surface area (Å²) in [6, 6.07) is 2.07. The largest absolute Gasteiger partial charge is 0.345 e. The summed E-state index contributed by atoms with van der Waals surface area (Å²) in [4.78, 5) is 19.5. The Balaban J connectivity index is 1.74. The lowest BCUT2D eigenvalue weighted by molar-refractivity contribution is -0.115. The van der Waals surface area contributed by atoms with Crippen molar-refractivity contribution in [1.82, 2.24) is 20.2 Å². The lowest BCUT2D eigenvalue weighted by Gasteiger charge is -2.22. The number of aromatic amines is 2. The number of hydrogen-bond acceptors (Lipinski definition) is 3. The predicted molar refractivity (Wildman–Crippen MR) is 98.8 cm³/mol. The highest BCUT2D eigenvalue weighted by Gasteiger charge is 2.21. The van der Waals surface area contributed by atoms with Crippen molar-refractivity contribution in [1.29, 1.82) is 0 Å². The van der Waals surface area contributed by atoms with Gasteiger partial charge in [0.2, 0.25) is 0 Å². The van der Waals surface area contributed by atoms with E-state index >= 15 is 0 Å². The van der Waals surface area contributed by atoms with Crippen LogP contribution in [0.5, 0.6) is 0 Å². The molecule has 0 amide bonds. The van der Waals surface area contributed by atoms with E-state index in [2.05, 4.69) is 38.9 Å². The number of H-pyrrole nitrogens is 2. The SMILES string of the molecule is C=CC(=O)CC1CCC=C(c2ccnc3[nH]cc(-c4cn[nH]c4)c23)C1. The van der Waals surface area contributed by atoms with Gasteiger partial charge < -0.3 is 4.98 Å². The van der Waals surface area contributed by atoms with Gasteiger partial charge in [-0.2, -0.15) is 5.10 Å². The summed E-state index contributed by atoms with van der Waals surface area (Å²) in [5.41, 5.74) is 5.49. The van der Waals surface area contributed by atoms with Crippen molar-refractivity contribution in [3.05, 3.63) is 55.1 Å². The molecule has 3 aromatic rings. The zero-order valence-corrected chi connectivity index (χ0v) is 14.0. The molecule has 0 aliphatic heterocycles. The van der Waals surface area contributed by atoms with Gasteiger partial charge in [0.05, 0.1) is 6.20 Å². The van der Waals surface area contributed by atoms with Gasteiger partial charge in [-0.3, -0.25) is 9.89 Å². The topological polar surface area (TPSA) is 74.4 Å². The van der Waals surface area contributed by atoms with Crippen LogP contribution < -0.4 is 0 Å². The lowest BCUT2D eigenvalue weighted by Crippen LogP contribution is -2.11. The maximum atomic E-state index is 11.7. The molecule has 0 fully saturated rings. The summed E-state index contributed by atoms with van der Waals surface area (Å²) in [6.45, 7) is 3.59. The third kappa shape index (κ3) is 2.93. The highest BCUT2D eigenvalue weighted by Crippen LogP contribution is 2.38. The molecule has 0 aromatic carbocycles. The van der Waals surface area contributed by atoms with Crippen LogP contribution in [0.3, 0.4) is 0 Å². The van der Waals surface area contributed by atoms with Crippen LogP contribution in [0.1, 0.15) is 31.2 Å². The second kappa shape index (κ2) is 6.51. The number of hydrogen-bond donors (Lipinski definition) is 2. The molecule has 0 spiro atoms. The Labute approximate surface area is 145 Å². The van der Waals surface area contributed by atoms with Crippen molar-refractivity contribution in [2.75, 3.05) is 0 Å². The standard InChI is InChI=1S/C20H20N4O/c1-2-16(25)9-13-4-3-5-14(8-13)17-6-7-21-20-19(17)18(12-22-20)15-10-23-24-11-15/h2,5-7,10-13H,1,3-4,8-9H2,(H,21,22)(H,23,24). The molecule has 1 aliphatic rings. The molecule has 0 radical (unpaired) electrons. The fourth-order valence-electron chi connectivity index (χ4n) is 3.70. The van der Waals surface area contributed by atoms with Gasteiger partial charge in [-0.25, -0.2) is 4.98 Å². The number of aromatic nitrogens is 4. The fraction of sp³-hybridized carbons (Fsp3) is 0.250. The van der Waals surface area contributed by atoms with Gasteiger partial charge >= 0.3 is 0 Å². The Morgan fingerprint density at radius 1 is 1.36 bits per heavy atom. The molecule has 5 nitrogen and oxygen atoms in total. The molecule has 0 bridgehead atoms. The summed E-state index contributed by atoms with van der Waals surface area (Å²) in [7, 11) is 0. The molecule has 5 heteroatoms. The Kier molecular flexibility index (Phi) is 4.06. The first-order valence-electron chi connectivity index (χ1n) is 8.56. The fourth-order valence-corrected chi connectivity index (χ4v) is 3.70. The summed E-state index contributed by atoms with van der Waals surface area (Å²) >= 11 is 0. The van der Waals surface area contributed by atoms with E-state index in [9.17, 15) is 4.79 Å². The number of fused-ring (bicyclic) bond motifs is 1. The second-order valence-electron chi connectivity index (χ2n) is 6.52. The van der Waals surface area contributed by atoms with Crippen LogP contribution in [-0.4, -0.2) is 25.9 Å². The van der Waals surface area contributed by atoms with Crippen molar-refractivity contribution in [3.63, 3.8) is 0 Å². The minimum Gasteiger partial charge on any atom is -0.345 e. The number of pyridine rings is 1. The van der Waals surface area contributed by atoms with Gasteiger partial charge in [0.25, 0.3) is 0 Å². The number of rotatable bonds is 5. The Hall–Kier alpha value is -2.95. The van der Waals surface area contributed by atoms with Crippen molar-refractivity contribution in [2.45, 2.75) is 25.7 Å². The third-order valence-corrected chi connectivity index (χ3v) is 4.92. The van der Waals surface area contributed by atoms with Crippen LogP contribution in [0.25, 0.3) is 27.7 Å². The number of carbonyl (C=O) groups excluding carboxylic acids is 1. The Morgan fingerprint density at radius 3 is 3.08 bits per heavy atom. The van der Waals surface area contributed by atoms with E-state index in [-0.39, 0.29) is 5.78 Å². The summed E-state index contributed by atoms with van der Waals surface area (Å²) < 4.78 is 0. The van der Waals surface area contributed by atoms with Crippen molar-refractivity contribution < 1.29 is 4.79 Å². The molecule has 0 saturated carbocycles. The quantitative estimate of drug-likeness (QED) is 0.685. The van der Waals surface area contributed by atoms with Crippen LogP contribution in [-0.2, 0) is 4.79 Å². The second-order valence-corrected chi connectivity index (χ2v) is 6.52. The zero-order chi connectivity index (χ0) is 17.2. The van der Waals surface area contributed by atoms with Gasteiger partial charge in [-0.15, -0.1) is 0 Å². The van der Waals surface area contributed by atoms with Crippen LogP contribution >= 0.6 is 0 Å². The van der Waals surface area contributed by atoms with Gasteiger partial charge in [-0.05, 0) is 48.5 Å². The average Bonchev–Trinajstić information content (AvgIpc) is 3.30. The molecule has 4 rings (SSSR count). The van der Waals surface area contributed by atoms with Gasteiger partial charge in [0, 0.05) is 41.5 Å².